The number of carboxylic acids is 1. The molecule has 9 heavy (non-hydrogen) atoms. The smallest absolute Gasteiger partial charge is 0.300 e. The van der Waals surface area contributed by atoms with E-state index in [9.17, 15) is 0 Å². The third kappa shape index (κ3) is 35.2. The van der Waals surface area contributed by atoms with Crippen molar-refractivity contribution in [3.8, 4) is 0 Å². The van der Waals surface area contributed by atoms with E-state index in [1.807, 2.05) is 0 Å². The molecule has 1 aromatic heterocycles. The molecule has 58 valence electrons. The molecule has 0 atom stereocenters. The third-order valence-corrected chi connectivity index (χ3v) is 0.250. The fraction of sp³-hybridized carbons (Fsp3) is 0.500. The first-order chi connectivity index (χ1) is 3.63. The average Bonchev–Trinajstić information content (AvgIpc) is 2.19. The second-order valence-electron chi connectivity index (χ2n) is 1.18. The molecule has 0 aliphatic carbocycles. The predicted octanol–water partition coefficient (Wildman–Crippen LogP) is 0.988. The molecule has 0 saturated carbocycles. The van der Waals surface area contributed by atoms with E-state index < -0.39 is 5.97 Å². The van der Waals surface area contributed by atoms with Crippen LogP contribution >= 0.6 is 0 Å². The quantitative estimate of drug-likeness (QED) is 0.406. The van der Waals surface area contributed by atoms with Crippen molar-refractivity contribution in [3.05, 3.63) is 5.96 Å². The first-order valence-corrected chi connectivity index (χ1v) is 2.00. The Bertz CT molecular complexity index is 126. The van der Waals surface area contributed by atoms with E-state index in [4.69, 9.17) is 9.90 Å². The SMILES string of the molecule is CC(=O)O.C[c-]1oo1.[Pd]. The van der Waals surface area contributed by atoms with Gasteiger partial charge in [-0.2, -0.15) is 0 Å². The molecule has 1 N–H and O–H groups in total. The Kier molecular flexibility index (Phi) is 7.27. The largest absolute Gasteiger partial charge is 0.481 e. The minimum absolute atomic E-state index is 0. The van der Waals surface area contributed by atoms with Crippen LogP contribution in [-0.4, -0.2) is 11.1 Å². The van der Waals surface area contributed by atoms with Crippen LogP contribution in [0.15, 0.2) is 9.15 Å². The number of carbonyl (C=O) groups is 1. The van der Waals surface area contributed by atoms with Gasteiger partial charge in [-0.3, -0.25) is 4.79 Å². The van der Waals surface area contributed by atoms with Gasteiger partial charge in [0.2, 0.25) is 0 Å². The van der Waals surface area contributed by atoms with E-state index in [1.165, 1.54) is 0 Å². The van der Waals surface area contributed by atoms with Gasteiger partial charge in [-0.15, -0.1) is 6.92 Å². The number of rotatable bonds is 0. The molecule has 0 bridgehead atoms. The second kappa shape index (κ2) is 5.73. The zero-order valence-corrected chi connectivity index (χ0v) is 6.54. The number of hydrogen-bond donors (Lipinski definition) is 1. The Morgan fingerprint density at radius 2 is 1.67 bits per heavy atom. The number of hydrogen-bond acceptors (Lipinski definition) is 3. The zero-order valence-electron chi connectivity index (χ0n) is 4.99. The van der Waals surface area contributed by atoms with Gasteiger partial charge in [0.15, 0.2) is 0 Å². The van der Waals surface area contributed by atoms with Crippen LogP contribution in [0.4, 0.5) is 0 Å². The molecule has 0 aromatic carbocycles. The number of aliphatic carboxylic acids is 1. The first-order valence-electron chi connectivity index (χ1n) is 2.00. The van der Waals surface area contributed by atoms with Crippen LogP contribution in [0.25, 0.3) is 0 Å². The summed E-state index contributed by atoms with van der Waals surface area (Å²) in [6, 6.07) is 0. The summed E-state index contributed by atoms with van der Waals surface area (Å²) in [5.74, 6) is -0.167. The van der Waals surface area contributed by atoms with Gasteiger partial charge in [0.1, 0.15) is 0 Å². The van der Waals surface area contributed by atoms with Crippen molar-refractivity contribution >= 4 is 5.97 Å². The number of carboxylic acid groups (broad SMARTS) is 1. The van der Waals surface area contributed by atoms with Gasteiger partial charge < -0.3 is 14.3 Å². The number of aryl methyl sites for hydroxylation is 1. The fourth-order valence-corrected chi connectivity index (χ4v) is 0.0417. The molecule has 5 heteroatoms. The molecule has 4 nitrogen and oxygen atoms in total. The van der Waals surface area contributed by atoms with Crippen molar-refractivity contribution in [2.45, 2.75) is 13.8 Å². The van der Waals surface area contributed by atoms with Crippen molar-refractivity contribution in [3.63, 3.8) is 0 Å². The predicted molar refractivity (Wildman–Crippen MR) is 24.6 cm³/mol. The molecule has 0 amide bonds. The molecule has 0 spiro atoms. The Morgan fingerprint density at radius 1 is 1.56 bits per heavy atom. The summed E-state index contributed by atoms with van der Waals surface area (Å²) in [4.78, 5) is 9.00. The van der Waals surface area contributed by atoms with Crippen LogP contribution < -0.4 is 0 Å². The van der Waals surface area contributed by atoms with Gasteiger partial charge in [-0.05, 0) is 0 Å². The van der Waals surface area contributed by atoms with Gasteiger partial charge >= 0.3 is 0 Å². The topological polar surface area (TPSA) is 63.6 Å². The Morgan fingerprint density at radius 3 is 1.67 bits per heavy atom. The third-order valence-electron chi connectivity index (χ3n) is 0.250. The Labute approximate surface area is 65.8 Å². The van der Waals surface area contributed by atoms with Crippen molar-refractivity contribution < 1.29 is 39.5 Å². The minimum atomic E-state index is -0.833. The van der Waals surface area contributed by atoms with Crippen LogP contribution in [-0.2, 0) is 25.2 Å². The van der Waals surface area contributed by atoms with Crippen LogP contribution in [0.2, 0.25) is 0 Å². The summed E-state index contributed by atoms with van der Waals surface area (Å²) < 4.78 is 8.25. The molecule has 1 rings (SSSR count). The average molecular weight is 226 g/mol. The molecule has 0 radical (unpaired) electrons. The van der Waals surface area contributed by atoms with Gasteiger partial charge in [-0.1, -0.05) is 0 Å². The molecule has 0 saturated heterocycles. The van der Waals surface area contributed by atoms with E-state index in [1.54, 1.807) is 6.92 Å². The molecule has 1 heterocycles. The van der Waals surface area contributed by atoms with Crippen LogP contribution in [0, 0.1) is 6.92 Å². The minimum Gasteiger partial charge on any atom is -0.481 e. The summed E-state index contributed by atoms with van der Waals surface area (Å²) >= 11 is 0. The van der Waals surface area contributed by atoms with Crippen molar-refractivity contribution in [1.82, 2.24) is 0 Å². The summed E-state index contributed by atoms with van der Waals surface area (Å²) in [5.41, 5.74) is 0. The molecule has 0 fully saturated rings. The monoisotopic (exact) mass is 225 g/mol. The van der Waals surface area contributed by atoms with Gasteiger partial charge in [-0.25, -0.2) is 0 Å². The van der Waals surface area contributed by atoms with E-state index in [-0.39, 0.29) is 20.4 Å². The van der Waals surface area contributed by atoms with Crippen molar-refractivity contribution in [1.29, 1.82) is 0 Å². The van der Waals surface area contributed by atoms with Crippen molar-refractivity contribution in [2.24, 2.45) is 0 Å². The molecule has 0 unspecified atom stereocenters. The van der Waals surface area contributed by atoms with Gasteiger partial charge in [0, 0.05) is 33.3 Å². The Balaban J connectivity index is 0. The van der Waals surface area contributed by atoms with E-state index >= 15 is 0 Å². The van der Waals surface area contributed by atoms with Crippen LogP contribution in [0.3, 0.4) is 0 Å². The Hall–Kier alpha value is -0.398. The maximum Gasteiger partial charge on any atom is 0.300 e. The zero-order chi connectivity index (χ0) is 6.57. The molecular weight excluding hydrogens is 218 g/mol. The van der Waals surface area contributed by atoms with E-state index in [2.05, 4.69) is 9.15 Å². The maximum atomic E-state index is 9.00. The summed E-state index contributed by atoms with van der Waals surface area (Å²) in [7, 11) is 0. The molecular formula is C4H7O4Pd-. The molecule has 1 aromatic rings. The normalized spacial score (nSPS) is 6.89. The second-order valence-corrected chi connectivity index (χ2v) is 1.18. The summed E-state index contributed by atoms with van der Waals surface area (Å²) in [5, 5.41) is 7.42. The standard InChI is InChI=1S/C2H3O2.C2H4O2.Pd/c1-2-3-4-2;1-2(3)4;/h1H3;1H3,(H,3,4);/q-1;;. The van der Waals surface area contributed by atoms with E-state index in [0.717, 1.165) is 6.92 Å². The van der Waals surface area contributed by atoms with Crippen molar-refractivity contribution in [2.75, 3.05) is 0 Å². The molecule has 0 aliphatic heterocycles. The summed E-state index contributed by atoms with van der Waals surface area (Å²) in [6.45, 7) is 2.83. The van der Waals surface area contributed by atoms with Gasteiger partial charge in [0.05, 0.1) is 0 Å². The van der Waals surface area contributed by atoms with Crippen LogP contribution in [0.1, 0.15) is 12.9 Å². The van der Waals surface area contributed by atoms with Gasteiger partial charge in [0.25, 0.3) is 5.97 Å². The summed E-state index contributed by atoms with van der Waals surface area (Å²) in [6.07, 6.45) is 0. The van der Waals surface area contributed by atoms with E-state index in [0.29, 0.717) is 5.96 Å². The maximum absolute atomic E-state index is 9.00. The van der Waals surface area contributed by atoms with Crippen LogP contribution in [0.5, 0.6) is 0 Å². The fourth-order valence-electron chi connectivity index (χ4n) is 0.0417. The molecule has 0 aliphatic rings. The first kappa shape index (κ1) is 11.4.